The highest BCUT2D eigenvalue weighted by Crippen LogP contribution is 2.40. The van der Waals surface area contributed by atoms with Gasteiger partial charge in [-0.25, -0.2) is 4.39 Å². The molecule has 7 heteroatoms. The molecule has 0 radical (unpaired) electrons. The van der Waals surface area contributed by atoms with Gasteiger partial charge in [-0.2, -0.15) is 0 Å². The van der Waals surface area contributed by atoms with E-state index in [1.165, 1.54) is 12.1 Å². The van der Waals surface area contributed by atoms with Gasteiger partial charge in [0.25, 0.3) is 0 Å². The topological polar surface area (TPSA) is 62.1 Å². The van der Waals surface area contributed by atoms with Crippen molar-refractivity contribution in [2.45, 2.75) is 6.54 Å². The molecule has 0 atom stereocenters. The number of methoxy groups -OCH3 is 2. The quantitative estimate of drug-likeness (QED) is 0.413. The molecule has 3 aromatic rings. The number of hydrogen-bond acceptors (Lipinski definition) is 5. The van der Waals surface area contributed by atoms with Crippen LogP contribution in [0.15, 0.2) is 67.1 Å². The van der Waals surface area contributed by atoms with Crippen molar-refractivity contribution >= 4 is 10.9 Å². The van der Waals surface area contributed by atoms with E-state index in [2.05, 4.69) is 19.7 Å². The van der Waals surface area contributed by atoms with Crippen LogP contribution in [0.25, 0.3) is 33.4 Å². The maximum Gasteiger partial charge on any atom is 0.162 e. The van der Waals surface area contributed by atoms with E-state index in [9.17, 15) is 4.39 Å². The lowest BCUT2D eigenvalue weighted by Crippen LogP contribution is -2.05. The molecule has 2 aliphatic heterocycles. The first-order valence-corrected chi connectivity index (χ1v) is 9.74. The summed E-state index contributed by atoms with van der Waals surface area (Å²) in [5.74, 6) is 0.954. The van der Waals surface area contributed by atoms with E-state index >= 15 is 0 Å². The second kappa shape index (κ2) is 7.68. The molecular weight excluding hydrogens is 395 g/mol. The summed E-state index contributed by atoms with van der Waals surface area (Å²) in [7, 11) is 3.22. The van der Waals surface area contributed by atoms with Gasteiger partial charge in [-0.05, 0) is 42.0 Å². The number of fused-ring (bicyclic) bond motifs is 3. The lowest BCUT2D eigenvalue weighted by atomic mass is 10.0. The zero-order chi connectivity index (χ0) is 21.4. The Morgan fingerprint density at radius 2 is 1.68 bits per heavy atom. The molecule has 0 saturated carbocycles. The van der Waals surface area contributed by atoms with E-state index in [1.807, 2.05) is 36.7 Å². The highest BCUT2D eigenvalue weighted by Gasteiger charge is 2.22. The number of hydrogen-bond donors (Lipinski definition) is 0. The highest BCUT2D eigenvalue weighted by molar-refractivity contribution is 5.99. The molecule has 0 amide bonds. The summed E-state index contributed by atoms with van der Waals surface area (Å²) >= 11 is 0. The van der Waals surface area contributed by atoms with Crippen LogP contribution >= 0.6 is 0 Å². The van der Waals surface area contributed by atoms with Crippen molar-refractivity contribution < 1.29 is 13.9 Å². The minimum Gasteiger partial charge on any atom is -0.493 e. The predicted molar refractivity (Wildman–Crippen MR) is 116 cm³/mol. The molecule has 0 aliphatic carbocycles. The maximum absolute atomic E-state index is 13.4. The fraction of sp³-hybridized carbons (Fsp3) is 0.125. The van der Waals surface area contributed by atoms with Gasteiger partial charge in [0.15, 0.2) is 11.5 Å². The Morgan fingerprint density at radius 1 is 0.935 bits per heavy atom. The van der Waals surface area contributed by atoms with Crippen LogP contribution in [0.5, 0.6) is 11.5 Å². The normalized spacial score (nSPS) is 11.2. The van der Waals surface area contributed by atoms with Gasteiger partial charge in [-0.1, -0.05) is 6.07 Å². The summed E-state index contributed by atoms with van der Waals surface area (Å²) in [5, 5.41) is 9.77. The summed E-state index contributed by atoms with van der Waals surface area (Å²) in [6.45, 7) is 0.601. The molecule has 0 unspecified atom stereocenters. The van der Waals surface area contributed by atoms with Crippen LogP contribution in [-0.2, 0) is 6.54 Å². The minimum atomic E-state index is -0.290. The van der Waals surface area contributed by atoms with Gasteiger partial charge in [0.1, 0.15) is 17.2 Å². The van der Waals surface area contributed by atoms with Gasteiger partial charge in [-0.3, -0.25) is 4.98 Å². The van der Waals surface area contributed by atoms with Crippen molar-refractivity contribution in [3.05, 3.63) is 78.5 Å². The summed E-state index contributed by atoms with van der Waals surface area (Å²) in [6, 6.07) is 14.1. The van der Waals surface area contributed by atoms with E-state index in [4.69, 9.17) is 9.47 Å². The Bertz CT molecular complexity index is 1330. The van der Waals surface area contributed by atoms with Gasteiger partial charge in [0.2, 0.25) is 0 Å². The number of pyridine rings is 2. The van der Waals surface area contributed by atoms with E-state index in [1.54, 1.807) is 32.5 Å². The van der Waals surface area contributed by atoms with Gasteiger partial charge < -0.3 is 14.0 Å². The van der Waals surface area contributed by atoms with Crippen LogP contribution < -0.4 is 9.47 Å². The zero-order valence-electron chi connectivity index (χ0n) is 17.0. The summed E-state index contributed by atoms with van der Waals surface area (Å²) < 4.78 is 26.6. The number of nitrogens with zero attached hydrogens (tertiary/aromatic N) is 4. The molecule has 0 saturated heterocycles. The second-order valence-corrected chi connectivity index (χ2v) is 7.16. The molecule has 0 bridgehead atoms. The molecule has 0 N–H and O–H groups in total. The smallest absolute Gasteiger partial charge is 0.162 e. The predicted octanol–water partition coefficient (Wildman–Crippen LogP) is 4.80. The third-order valence-electron chi connectivity index (χ3n) is 5.30. The van der Waals surface area contributed by atoms with Crippen molar-refractivity contribution in [2.75, 3.05) is 14.2 Å². The van der Waals surface area contributed by atoms with E-state index < -0.39 is 0 Å². The lowest BCUT2D eigenvalue weighted by molar-refractivity contribution is 0.355. The Labute approximate surface area is 178 Å². The van der Waals surface area contributed by atoms with Crippen LogP contribution in [0.1, 0.15) is 5.56 Å². The largest absolute Gasteiger partial charge is 0.493 e. The minimum absolute atomic E-state index is 0.290. The zero-order valence-corrected chi connectivity index (χ0v) is 17.0. The van der Waals surface area contributed by atoms with E-state index in [0.29, 0.717) is 23.7 Å². The number of halogens is 1. The van der Waals surface area contributed by atoms with Crippen LogP contribution in [-0.4, -0.2) is 34.0 Å². The average molecular weight is 414 g/mol. The fourth-order valence-electron chi connectivity index (χ4n) is 3.80. The van der Waals surface area contributed by atoms with Crippen LogP contribution in [0.4, 0.5) is 4.39 Å². The van der Waals surface area contributed by atoms with Crippen molar-refractivity contribution in [2.24, 2.45) is 0 Å². The Hall–Kier alpha value is -4.00. The van der Waals surface area contributed by atoms with Gasteiger partial charge in [0, 0.05) is 47.7 Å². The molecule has 5 rings (SSSR count). The molecule has 2 aliphatic rings. The molecule has 154 valence electrons. The lowest BCUT2D eigenvalue weighted by Gasteiger charge is -2.17. The standard InChI is InChI=1S/C24H19FN4O2/c1-30-21-10-18-20(11-22(21)31-2)29(13-15-4-3-9-26-12-15)14-19-23(27-28-24(18)19)16-5-7-17(25)8-6-16/h3-12,14H,13H2,1-2H3. The molecular formula is C24H19FN4O2. The van der Waals surface area contributed by atoms with E-state index in [-0.39, 0.29) is 5.82 Å². The first-order chi connectivity index (χ1) is 15.2. The van der Waals surface area contributed by atoms with Gasteiger partial charge in [-0.15, -0.1) is 10.2 Å². The first-order valence-electron chi connectivity index (χ1n) is 9.74. The number of ether oxygens (including phenoxy) is 2. The Morgan fingerprint density at radius 3 is 2.39 bits per heavy atom. The average Bonchev–Trinajstić information content (AvgIpc) is 3.23. The van der Waals surface area contributed by atoms with Crippen molar-refractivity contribution in [3.8, 4) is 34.0 Å². The fourth-order valence-corrected chi connectivity index (χ4v) is 3.80. The van der Waals surface area contributed by atoms with Crippen LogP contribution in [0.2, 0.25) is 0 Å². The SMILES string of the molecule is COc1cc2c3nnc(-c4ccc(F)cc4)c-3cn(Cc3cccnc3)c2cc1OC. The van der Waals surface area contributed by atoms with Crippen LogP contribution in [0, 0.1) is 5.82 Å². The van der Waals surface area contributed by atoms with Gasteiger partial charge in [0.05, 0.1) is 19.7 Å². The number of benzene rings is 2. The molecule has 2 aromatic carbocycles. The molecule has 6 nitrogen and oxygen atoms in total. The van der Waals surface area contributed by atoms with Crippen molar-refractivity contribution in [1.82, 2.24) is 19.7 Å². The summed E-state index contributed by atoms with van der Waals surface area (Å²) in [5.41, 5.74) is 5.11. The number of aromatic nitrogens is 4. The second-order valence-electron chi connectivity index (χ2n) is 7.16. The highest BCUT2D eigenvalue weighted by atomic mass is 19.1. The molecule has 3 heterocycles. The number of rotatable bonds is 5. The Kier molecular flexibility index (Phi) is 4.71. The van der Waals surface area contributed by atoms with Crippen LogP contribution in [0.3, 0.4) is 0 Å². The molecule has 0 spiro atoms. The monoisotopic (exact) mass is 414 g/mol. The summed E-state index contributed by atoms with van der Waals surface area (Å²) in [6.07, 6.45) is 5.61. The summed E-state index contributed by atoms with van der Waals surface area (Å²) in [4.78, 5) is 4.23. The molecule has 1 aromatic heterocycles. The molecule has 0 fully saturated rings. The first kappa shape index (κ1) is 19.0. The van der Waals surface area contributed by atoms with Crippen molar-refractivity contribution in [3.63, 3.8) is 0 Å². The third kappa shape index (κ3) is 3.34. The van der Waals surface area contributed by atoms with Crippen molar-refractivity contribution in [1.29, 1.82) is 0 Å². The van der Waals surface area contributed by atoms with Gasteiger partial charge >= 0.3 is 0 Å². The van der Waals surface area contributed by atoms with E-state index in [0.717, 1.165) is 33.3 Å². The Balaban J connectivity index is 1.78. The third-order valence-corrected chi connectivity index (χ3v) is 5.30. The maximum atomic E-state index is 13.4. The molecule has 31 heavy (non-hydrogen) atoms.